The van der Waals surface area contributed by atoms with Crippen molar-refractivity contribution >= 4 is 10.1 Å². The van der Waals surface area contributed by atoms with Crippen LogP contribution < -0.4 is 39.4 Å². The Morgan fingerprint density at radius 1 is 0.844 bits per heavy atom. The molecule has 1 N–H and O–H groups in total. The number of hydrogen-bond donors (Lipinski definition) is 1. The van der Waals surface area contributed by atoms with Crippen molar-refractivity contribution in [1.29, 1.82) is 0 Å². The Morgan fingerprint density at radius 2 is 1.38 bits per heavy atom. The van der Waals surface area contributed by atoms with Gasteiger partial charge in [0.05, 0.1) is 4.90 Å². The maximum absolute atomic E-state index is 12.2. The molecule has 0 aromatic heterocycles. The van der Waals surface area contributed by atoms with Crippen LogP contribution >= 0.6 is 0 Å². The predicted octanol–water partition coefficient (Wildman–Crippen LogP) is 3.66. The van der Waals surface area contributed by atoms with Gasteiger partial charge in [0.25, 0.3) is 10.1 Å². The van der Waals surface area contributed by atoms with Gasteiger partial charge in [-0.15, -0.1) is 0 Å². The van der Waals surface area contributed by atoms with E-state index in [1.165, 1.54) is 57.4 Å². The minimum absolute atomic E-state index is 0. The summed E-state index contributed by atoms with van der Waals surface area (Å²) in [6.45, 7) is 2.23. The summed E-state index contributed by atoms with van der Waals surface area (Å²) in [5, 5.41) is 12.2. The van der Waals surface area contributed by atoms with Crippen molar-refractivity contribution in [1.82, 2.24) is 0 Å². The van der Waals surface area contributed by atoms with Crippen molar-refractivity contribution in [2.45, 2.75) is 88.9 Å². The Morgan fingerprint density at radius 3 is 1.91 bits per heavy atom. The minimum Gasteiger partial charge on any atom is -0.871 e. The van der Waals surface area contributed by atoms with Crippen LogP contribution in [-0.4, -0.2) is 13.0 Å². The number of benzene rings is 2. The van der Waals surface area contributed by atoms with E-state index in [2.05, 4.69) is 6.92 Å². The van der Waals surface area contributed by atoms with Crippen LogP contribution in [0.25, 0.3) is 0 Å². The van der Waals surface area contributed by atoms with Gasteiger partial charge < -0.3 is 9.84 Å². The van der Waals surface area contributed by atoms with Crippen molar-refractivity contribution in [2.24, 2.45) is 0 Å². The molecule has 0 amide bonds. The van der Waals surface area contributed by atoms with Crippen LogP contribution in [0.4, 0.5) is 0 Å². The van der Waals surface area contributed by atoms with E-state index < -0.39 is 20.8 Å². The first kappa shape index (κ1) is 29.0. The van der Waals surface area contributed by atoms with Crippen molar-refractivity contribution in [2.75, 3.05) is 0 Å². The molecule has 172 valence electrons. The minimum atomic E-state index is -4.57. The monoisotopic (exact) mass is 470 g/mol. The molecule has 2 aromatic carbocycles. The van der Waals surface area contributed by atoms with Crippen LogP contribution in [-0.2, 0) is 16.5 Å². The number of hydrogen-bond acceptors (Lipinski definition) is 4. The van der Waals surface area contributed by atoms with Crippen molar-refractivity contribution < 1.29 is 52.4 Å². The van der Waals surface area contributed by atoms with Gasteiger partial charge in [0.1, 0.15) is 11.5 Å². The van der Waals surface area contributed by atoms with Gasteiger partial charge in [-0.1, -0.05) is 95.1 Å². The zero-order chi connectivity index (χ0) is 22.5. The summed E-state index contributed by atoms with van der Waals surface area (Å²) < 4.78 is 38.3. The van der Waals surface area contributed by atoms with Crippen molar-refractivity contribution in [3.63, 3.8) is 0 Å². The maximum atomic E-state index is 12.2. The second kappa shape index (κ2) is 15.7. The molecule has 2 rings (SSSR count). The van der Waals surface area contributed by atoms with Crippen molar-refractivity contribution in [3.05, 3.63) is 48.0 Å². The Balaban J connectivity index is 0.00000512. The van der Waals surface area contributed by atoms with Gasteiger partial charge in [0.2, 0.25) is 0 Å². The van der Waals surface area contributed by atoms with Gasteiger partial charge >= 0.3 is 29.6 Å². The van der Waals surface area contributed by atoms with E-state index in [1.807, 2.05) is 18.2 Å². The molecule has 0 fully saturated rings. The molecule has 0 unspecified atom stereocenters. The van der Waals surface area contributed by atoms with E-state index in [-0.39, 0.29) is 29.6 Å². The third-order valence-electron chi connectivity index (χ3n) is 5.43. The molecular weight excluding hydrogens is 435 g/mol. The van der Waals surface area contributed by atoms with Gasteiger partial charge in [-0.3, -0.25) is 4.55 Å². The Labute approximate surface area is 215 Å². The summed E-state index contributed by atoms with van der Waals surface area (Å²) in [4.78, 5) is -0.592. The zero-order valence-corrected chi connectivity index (χ0v) is 22.3. The van der Waals surface area contributed by atoms with E-state index in [0.29, 0.717) is 23.5 Å². The van der Waals surface area contributed by atoms with E-state index in [9.17, 15) is 18.1 Å². The topological polar surface area (TPSA) is 86.7 Å². The van der Waals surface area contributed by atoms with Crippen molar-refractivity contribution in [3.8, 4) is 17.2 Å². The molecule has 0 saturated carbocycles. The summed E-state index contributed by atoms with van der Waals surface area (Å²) in [7, 11) is -4.57. The second-order valence-electron chi connectivity index (χ2n) is 8.08. The second-order valence-corrected chi connectivity index (χ2v) is 9.47. The molecule has 0 heterocycles. The fraction of sp³-hybridized carbons (Fsp3) is 0.520. The third kappa shape index (κ3) is 10.7. The van der Waals surface area contributed by atoms with E-state index in [0.717, 1.165) is 25.3 Å². The van der Waals surface area contributed by atoms with Crippen LogP contribution in [0.3, 0.4) is 0 Å². The van der Waals surface area contributed by atoms with Crippen LogP contribution in [0.5, 0.6) is 17.2 Å². The third-order valence-corrected chi connectivity index (χ3v) is 6.30. The first-order valence-corrected chi connectivity index (χ1v) is 12.9. The van der Waals surface area contributed by atoms with Gasteiger partial charge in [0.15, 0.2) is 0 Å². The average Bonchev–Trinajstić information content (AvgIpc) is 2.73. The van der Waals surface area contributed by atoms with Crippen LogP contribution in [0.15, 0.2) is 47.4 Å². The molecule has 0 bridgehead atoms. The Hall–Kier alpha value is -1.05. The summed E-state index contributed by atoms with van der Waals surface area (Å²) in [5.41, 5.74) is 0.618. The molecule has 0 atom stereocenters. The Kier molecular flexibility index (Phi) is 14.2. The van der Waals surface area contributed by atoms with Crippen LogP contribution in [0.2, 0.25) is 0 Å². The molecule has 0 aliphatic carbocycles. The van der Waals surface area contributed by atoms with Gasteiger partial charge in [0, 0.05) is 0 Å². The number of unbranched alkanes of at least 4 members (excludes halogenated alkanes) is 10. The molecule has 7 heteroatoms. The van der Waals surface area contributed by atoms with E-state index in [4.69, 9.17) is 4.74 Å². The number of para-hydroxylation sites is 1. The Bertz CT molecular complexity index is 885. The fourth-order valence-corrected chi connectivity index (χ4v) is 4.27. The molecule has 0 spiro atoms. The fourth-order valence-electron chi connectivity index (χ4n) is 3.67. The molecular formula is C25H35NaO5S. The van der Waals surface area contributed by atoms with Gasteiger partial charge in [-0.25, -0.2) is 0 Å². The first-order chi connectivity index (χ1) is 14.9. The molecule has 0 radical (unpaired) electrons. The van der Waals surface area contributed by atoms with Crippen LogP contribution in [0.1, 0.15) is 83.1 Å². The number of ether oxygens (including phenoxy) is 1. The quantitative estimate of drug-likeness (QED) is 0.244. The summed E-state index contributed by atoms with van der Waals surface area (Å²) in [6, 6.07) is 11.5. The smallest absolute Gasteiger partial charge is 0.871 e. The van der Waals surface area contributed by atoms with E-state index in [1.54, 1.807) is 12.1 Å². The first-order valence-electron chi connectivity index (χ1n) is 11.5. The standard InChI is InChI=1S/C25H36O5S.Na/c1-2-3-4-5-6-7-8-9-10-11-13-16-21-19-25(31(27,28)29)23(26)20-24(21)30-22-17-14-12-15-18-22;/h12,14-15,17-20,26H,2-11,13,16H2,1H3,(H,27,28,29);/q;+1/p-1. The molecule has 0 aliphatic rings. The molecule has 2 aromatic rings. The largest absolute Gasteiger partial charge is 1.00 e. The van der Waals surface area contributed by atoms with Crippen LogP contribution in [0, 0.1) is 0 Å². The number of aryl methyl sites for hydroxylation is 1. The molecule has 0 saturated heterocycles. The summed E-state index contributed by atoms with van der Waals surface area (Å²) >= 11 is 0. The number of rotatable bonds is 15. The normalized spacial score (nSPS) is 11.2. The molecule has 5 nitrogen and oxygen atoms in total. The maximum Gasteiger partial charge on any atom is 1.00 e. The summed E-state index contributed by atoms with van der Waals surface area (Å²) in [6.07, 6.45) is 14.0. The summed E-state index contributed by atoms with van der Waals surface area (Å²) in [5.74, 6) is 0.147. The molecule has 32 heavy (non-hydrogen) atoms. The predicted molar refractivity (Wildman–Crippen MR) is 122 cm³/mol. The zero-order valence-electron chi connectivity index (χ0n) is 19.5. The van der Waals surface area contributed by atoms with E-state index >= 15 is 0 Å². The molecule has 0 aliphatic heterocycles. The SMILES string of the molecule is CCCCCCCCCCCCCc1cc(S(=O)(=O)O)c([O-])cc1Oc1ccccc1.[Na+]. The average molecular weight is 471 g/mol. The van der Waals surface area contributed by atoms with Gasteiger partial charge in [-0.05, 0) is 42.7 Å². The van der Waals surface area contributed by atoms with Gasteiger partial charge in [-0.2, -0.15) is 8.42 Å².